The van der Waals surface area contributed by atoms with Gasteiger partial charge in [-0.25, -0.2) is 4.79 Å². The van der Waals surface area contributed by atoms with Crippen LogP contribution in [0.2, 0.25) is 0 Å². The number of anilines is 1. The molecule has 0 radical (unpaired) electrons. The molecule has 0 heterocycles. The Bertz CT molecular complexity index is 402. The van der Waals surface area contributed by atoms with E-state index < -0.39 is 5.97 Å². The van der Waals surface area contributed by atoms with Gasteiger partial charge in [-0.3, -0.25) is 0 Å². The number of nitrogens with zero attached hydrogens (tertiary/aromatic N) is 1. The lowest BCUT2D eigenvalue weighted by Gasteiger charge is -2.20. The quantitative estimate of drug-likeness (QED) is 0.821. The smallest absolute Gasteiger partial charge is 0.335 e. The van der Waals surface area contributed by atoms with Crippen LogP contribution in [0.5, 0.6) is 0 Å². The van der Waals surface area contributed by atoms with Crippen LogP contribution in [0.15, 0.2) is 18.2 Å². The second-order valence-electron chi connectivity index (χ2n) is 4.64. The van der Waals surface area contributed by atoms with Crippen LogP contribution in [0, 0.1) is 6.92 Å². The summed E-state index contributed by atoms with van der Waals surface area (Å²) in [7, 11) is 4.05. The van der Waals surface area contributed by atoms with E-state index in [1.165, 1.54) is 0 Å². The molecule has 0 fully saturated rings. The van der Waals surface area contributed by atoms with Gasteiger partial charge >= 0.3 is 5.97 Å². The summed E-state index contributed by atoms with van der Waals surface area (Å²) in [4.78, 5) is 12.9. The molecule has 1 unspecified atom stereocenters. The van der Waals surface area contributed by atoms with E-state index >= 15 is 0 Å². The molecule has 1 aromatic carbocycles. The van der Waals surface area contributed by atoms with Gasteiger partial charge in [0.1, 0.15) is 0 Å². The number of hydrogen-bond acceptors (Lipinski definition) is 3. The predicted molar refractivity (Wildman–Crippen MR) is 69.8 cm³/mol. The Hall–Kier alpha value is -1.55. The van der Waals surface area contributed by atoms with Crippen LogP contribution in [0.3, 0.4) is 0 Å². The van der Waals surface area contributed by atoms with Crippen LogP contribution >= 0.6 is 0 Å². The lowest BCUT2D eigenvalue weighted by Crippen LogP contribution is -2.29. The van der Waals surface area contributed by atoms with Gasteiger partial charge in [0.25, 0.3) is 0 Å². The van der Waals surface area contributed by atoms with Gasteiger partial charge in [-0.1, -0.05) is 0 Å². The third-order valence-electron chi connectivity index (χ3n) is 2.51. The summed E-state index contributed by atoms with van der Waals surface area (Å²) in [5.74, 6) is -0.888. The zero-order valence-electron chi connectivity index (χ0n) is 10.8. The highest BCUT2D eigenvalue weighted by atomic mass is 16.4. The monoisotopic (exact) mass is 236 g/mol. The van der Waals surface area contributed by atoms with Crippen molar-refractivity contribution in [2.75, 3.05) is 26.0 Å². The highest BCUT2D eigenvalue weighted by molar-refractivity contribution is 5.88. The van der Waals surface area contributed by atoms with Crippen molar-refractivity contribution in [2.24, 2.45) is 0 Å². The van der Waals surface area contributed by atoms with E-state index in [0.717, 1.165) is 17.8 Å². The van der Waals surface area contributed by atoms with Gasteiger partial charge in [0.2, 0.25) is 0 Å². The highest BCUT2D eigenvalue weighted by Crippen LogP contribution is 2.17. The van der Waals surface area contributed by atoms with Crippen molar-refractivity contribution in [3.63, 3.8) is 0 Å². The van der Waals surface area contributed by atoms with E-state index in [1.807, 2.05) is 27.1 Å². The van der Waals surface area contributed by atoms with Crippen LogP contribution in [0.25, 0.3) is 0 Å². The highest BCUT2D eigenvalue weighted by Gasteiger charge is 2.08. The van der Waals surface area contributed by atoms with Gasteiger partial charge in [-0.2, -0.15) is 0 Å². The molecule has 94 valence electrons. The van der Waals surface area contributed by atoms with Crippen molar-refractivity contribution >= 4 is 11.7 Å². The molecule has 0 saturated heterocycles. The number of aromatic carboxylic acids is 1. The summed E-state index contributed by atoms with van der Waals surface area (Å²) in [5, 5.41) is 12.2. The zero-order chi connectivity index (χ0) is 13.0. The van der Waals surface area contributed by atoms with Crippen molar-refractivity contribution < 1.29 is 9.90 Å². The van der Waals surface area contributed by atoms with E-state index in [0.29, 0.717) is 11.6 Å². The van der Waals surface area contributed by atoms with E-state index in [-0.39, 0.29) is 0 Å². The third-order valence-corrected chi connectivity index (χ3v) is 2.51. The molecule has 4 nitrogen and oxygen atoms in total. The molecule has 2 N–H and O–H groups in total. The number of aryl methyl sites for hydroxylation is 1. The Morgan fingerprint density at radius 1 is 1.47 bits per heavy atom. The van der Waals surface area contributed by atoms with Crippen molar-refractivity contribution in [2.45, 2.75) is 19.9 Å². The Morgan fingerprint density at radius 2 is 2.12 bits per heavy atom. The van der Waals surface area contributed by atoms with Crippen LogP contribution in [0.4, 0.5) is 5.69 Å². The second kappa shape index (κ2) is 5.68. The molecule has 17 heavy (non-hydrogen) atoms. The summed E-state index contributed by atoms with van der Waals surface area (Å²) in [6, 6.07) is 5.46. The molecule has 4 heteroatoms. The van der Waals surface area contributed by atoms with Gasteiger partial charge in [0.15, 0.2) is 0 Å². The van der Waals surface area contributed by atoms with Crippen LogP contribution in [0.1, 0.15) is 22.8 Å². The molecule has 1 aromatic rings. The fraction of sp³-hybridized carbons (Fsp3) is 0.462. The maximum atomic E-state index is 10.8. The number of carboxylic acids is 1. The summed E-state index contributed by atoms with van der Waals surface area (Å²) in [6.45, 7) is 4.95. The fourth-order valence-corrected chi connectivity index (χ4v) is 1.82. The lowest BCUT2D eigenvalue weighted by molar-refractivity contribution is 0.0697. The fourth-order valence-electron chi connectivity index (χ4n) is 1.82. The number of carboxylic acid groups (broad SMARTS) is 1. The normalized spacial score (nSPS) is 12.5. The zero-order valence-corrected chi connectivity index (χ0v) is 10.8. The molecule has 0 saturated carbocycles. The van der Waals surface area contributed by atoms with Crippen molar-refractivity contribution in [1.29, 1.82) is 0 Å². The van der Waals surface area contributed by atoms with Gasteiger partial charge in [-0.05, 0) is 51.7 Å². The molecule has 1 rings (SSSR count). The maximum Gasteiger partial charge on any atom is 0.335 e. The van der Waals surface area contributed by atoms with E-state index in [2.05, 4.69) is 17.1 Å². The minimum absolute atomic E-state index is 0.319. The largest absolute Gasteiger partial charge is 0.478 e. The topological polar surface area (TPSA) is 52.6 Å². The molecule has 0 amide bonds. The first kappa shape index (κ1) is 13.5. The summed E-state index contributed by atoms with van der Waals surface area (Å²) >= 11 is 0. The molecule has 1 atom stereocenters. The summed E-state index contributed by atoms with van der Waals surface area (Å²) in [6.07, 6.45) is 0. The first-order chi connectivity index (χ1) is 7.90. The van der Waals surface area contributed by atoms with Gasteiger partial charge in [0, 0.05) is 18.3 Å². The van der Waals surface area contributed by atoms with E-state index in [9.17, 15) is 4.79 Å². The predicted octanol–water partition coefficient (Wildman–Crippen LogP) is 2.06. The number of benzene rings is 1. The third kappa shape index (κ3) is 4.07. The number of likely N-dealkylation sites (N-methyl/N-ethyl adjacent to an activating group) is 1. The molecular formula is C13H20N2O2. The Balaban J connectivity index is 2.75. The molecule has 0 aliphatic heterocycles. The summed E-state index contributed by atoms with van der Waals surface area (Å²) in [5.41, 5.74) is 2.27. The number of carbonyl (C=O) groups is 1. The van der Waals surface area contributed by atoms with E-state index in [1.54, 1.807) is 12.1 Å². The first-order valence-electron chi connectivity index (χ1n) is 5.65. The number of rotatable bonds is 5. The molecule has 0 aliphatic rings. The standard InChI is InChI=1S/C13H20N2O2/c1-9-7-11(13(16)17)5-6-12(9)14-10(2)8-15(3)4/h5-7,10,14H,8H2,1-4H3,(H,16,17). The minimum Gasteiger partial charge on any atom is -0.478 e. The maximum absolute atomic E-state index is 10.8. The molecule has 0 aliphatic carbocycles. The van der Waals surface area contributed by atoms with Crippen LogP contribution in [-0.4, -0.2) is 42.7 Å². The molecule has 0 aromatic heterocycles. The average Bonchev–Trinajstić information content (AvgIpc) is 2.19. The number of hydrogen-bond donors (Lipinski definition) is 2. The van der Waals surface area contributed by atoms with Crippen molar-refractivity contribution in [1.82, 2.24) is 4.90 Å². The van der Waals surface area contributed by atoms with Gasteiger partial charge < -0.3 is 15.3 Å². The molecule has 0 bridgehead atoms. The Labute approximate surface area is 102 Å². The lowest BCUT2D eigenvalue weighted by atomic mass is 10.1. The second-order valence-corrected chi connectivity index (χ2v) is 4.64. The van der Waals surface area contributed by atoms with Crippen LogP contribution < -0.4 is 5.32 Å². The van der Waals surface area contributed by atoms with Crippen LogP contribution in [-0.2, 0) is 0 Å². The van der Waals surface area contributed by atoms with E-state index in [4.69, 9.17) is 5.11 Å². The minimum atomic E-state index is -0.888. The van der Waals surface area contributed by atoms with Crippen molar-refractivity contribution in [3.8, 4) is 0 Å². The first-order valence-corrected chi connectivity index (χ1v) is 5.65. The van der Waals surface area contributed by atoms with Gasteiger partial charge in [-0.15, -0.1) is 0 Å². The molecular weight excluding hydrogens is 216 g/mol. The van der Waals surface area contributed by atoms with Crippen molar-refractivity contribution in [3.05, 3.63) is 29.3 Å². The molecule has 0 spiro atoms. The number of nitrogens with one attached hydrogen (secondary N) is 1. The Morgan fingerprint density at radius 3 is 2.59 bits per heavy atom. The van der Waals surface area contributed by atoms with Gasteiger partial charge in [0.05, 0.1) is 5.56 Å². The summed E-state index contributed by atoms with van der Waals surface area (Å²) < 4.78 is 0. The average molecular weight is 236 g/mol. The Kier molecular flexibility index (Phi) is 4.52. The SMILES string of the molecule is Cc1cc(C(=O)O)ccc1NC(C)CN(C)C.